The summed E-state index contributed by atoms with van der Waals surface area (Å²) in [4.78, 5) is 55.8. The van der Waals surface area contributed by atoms with Crippen molar-refractivity contribution in [3.05, 3.63) is 94.3 Å². The lowest BCUT2D eigenvalue weighted by Crippen LogP contribution is -2.60. The molecule has 5 aliphatic rings. The Bertz CT molecular complexity index is 2220. The van der Waals surface area contributed by atoms with E-state index in [1.54, 1.807) is 6.08 Å². The van der Waals surface area contributed by atoms with Crippen LogP contribution in [0.1, 0.15) is 42.7 Å². The highest BCUT2D eigenvalue weighted by atomic mass is 35.5. The molecule has 3 heterocycles. The maximum atomic E-state index is 15.4. The molecule has 10 nitrogen and oxygen atoms in total. The first-order chi connectivity index (χ1) is 27.1. The van der Waals surface area contributed by atoms with Crippen molar-refractivity contribution in [1.29, 1.82) is 0 Å². The summed E-state index contributed by atoms with van der Waals surface area (Å²) in [6.45, 7) is 1.89. The molecule has 4 amide bonds. The summed E-state index contributed by atoms with van der Waals surface area (Å²) in [5, 5.41) is 10.5. The molecule has 1 saturated carbocycles. The molecule has 8 rings (SSSR count). The van der Waals surface area contributed by atoms with Crippen molar-refractivity contribution in [2.24, 2.45) is 17.8 Å². The van der Waals surface area contributed by atoms with Crippen LogP contribution < -0.4 is 14.4 Å². The van der Waals surface area contributed by atoms with Crippen LogP contribution in [0, 0.1) is 46.8 Å². The number of carbonyl (C=O) groups is 4. The number of amides is 4. The van der Waals surface area contributed by atoms with Crippen LogP contribution in [0.4, 0.5) is 27.6 Å². The number of fused-ring (bicyclic) bond motifs is 4. The predicted molar refractivity (Wildman–Crippen MR) is 194 cm³/mol. The third-order valence-electron chi connectivity index (χ3n) is 12.2. The first kappa shape index (κ1) is 39.1. The lowest BCUT2D eigenvalue weighted by molar-refractivity contribution is -0.144. The molecule has 2 aliphatic carbocycles. The van der Waals surface area contributed by atoms with Gasteiger partial charge in [0.25, 0.3) is 11.8 Å². The van der Waals surface area contributed by atoms with Crippen molar-refractivity contribution in [2.45, 2.75) is 53.9 Å². The third-order valence-corrected chi connectivity index (χ3v) is 13.7. The lowest BCUT2D eigenvalue weighted by atomic mass is 9.56. The van der Waals surface area contributed by atoms with E-state index in [4.69, 9.17) is 32.7 Å². The van der Waals surface area contributed by atoms with Gasteiger partial charge in [0.05, 0.1) is 26.1 Å². The Balaban J connectivity index is 1.23. The number of nitrogens with zero attached hydrogens (tertiary/aromatic N) is 3. The summed E-state index contributed by atoms with van der Waals surface area (Å²) >= 11 is 14.6. The van der Waals surface area contributed by atoms with E-state index in [1.807, 2.05) is 30.3 Å². The average Bonchev–Trinajstić information content (AvgIpc) is 3.54. The number of methoxy groups -OCH3 is 2. The molecule has 4 fully saturated rings. The summed E-state index contributed by atoms with van der Waals surface area (Å²) in [6, 6.07) is 11.7. The van der Waals surface area contributed by atoms with Crippen molar-refractivity contribution >= 4 is 52.5 Å². The molecule has 0 aromatic heterocycles. The van der Waals surface area contributed by atoms with Gasteiger partial charge < -0.3 is 14.6 Å². The van der Waals surface area contributed by atoms with E-state index in [1.165, 1.54) is 19.1 Å². The maximum Gasteiger partial charge on any atom is 0.258 e. The summed E-state index contributed by atoms with van der Waals surface area (Å²) in [5.41, 5.74) is -0.615. The van der Waals surface area contributed by atoms with E-state index < -0.39 is 104 Å². The number of hydrogen-bond donors (Lipinski definition) is 1. The number of aromatic hydroxyl groups is 1. The van der Waals surface area contributed by atoms with Gasteiger partial charge in [-0.1, -0.05) is 42.0 Å². The number of hydrogen-bond acceptors (Lipinski definition) is 8. The van der Waals surface area contributed by atoms with Crippen LogP contribution in [0.3, 0.4) is 0 Å². The van der Waals surface area contributed by atoms with Crippen molar-refractivity contribution in [1.82, 2.24) is 9.80 Å². The molecule has 57 heavy (non-hydrogen) atoms. The topological polar surface area (TPSA) is 117 Å². The Morgan fingerprint density at radius 2 is 1.39 bits per heavy atom. The number of phenols is 1. The predicted octanol–water partition coefficient (Wildman–Crippen LogP) is 6.33. The van der Waals surface area contributed by atoms with Gasteiger partial charge in [-0.25, -0.2) is 26.9 Å². The fourth-order valence-corrected chi connectivity index (χ4v) is 10.6. The van der Waals surface area contributed by atoms with Crippen LogP contribution in [0.2, 0.25) is 0 Å². The quantitative estimate of drug-likeness (QED) is 0.0734. The van der Waals surface area contributed by atoms with Crippen LogP contribution in [-0.4, -0.2) is 81.6 Å². The van der Waals surface area contributed by atoms with Crippen molar-refractivity contribution in [3.8, 4) is 17.2 Å². The molecule has 17 heteroatoms. The largest absolute Gasteiger partial charge is 0.508 e. The van der Waals surface area contributed by atoms with Crippen molar-refractivity contribution < 1.29 is 55.7 Å². The smallest absolute Gasteiger partial charge is 0.258 e. The zero-order valence-corrected chi connectivity index (χ0v) is 31.9. The highest BCUT2D eigenvalue weighted by Gasteiger charge is 2.77. The molecule has 0 spiro atoms. The molecule has 300 valence electrons. The number of anilines is 1. The Morgan fingerprint density at radius 3 is 1.96 bits per heavy atom. The number of piperidine rings is 1. The van der Waals surface area contributed by atoms with Crippen LogP contribution in [0.5, 0.6) is 17.2 Å². The van der Waals surface area contributed by atoms with E-state index >= 15 is 8.78 Å². The Labute approximate surface area is 332 Å². The van der Waals surface area contributed by atoms with Crippen LogP contribution >= 0.6 is 23.2 Å². The Morgan fingerprint density at radius 1 is 0.807 bits per heavy atom. The first-order valence-corrected chi connectivity index (χ1v) is 18.9. The van der Waals surface area contributed by atoms with Gasteiger partial charge in [-0.3, -0.25) is 29.0 Å². The summed E-state index contributed by atoms with van der Waals surface area (Å²) < 4.78 is 85.4. The first-order valence-electron chi connectivity index (χ1n) is 18.2. The van der Waals surface area contributed by atoms with Crippen molar-refractivity contribution in [2.75, 3.05) is 32.2 Å². The van der Waals surface area contributed by atoms with Gasteiger partial charge in [-0.05, 0) is 37.2 Å². The fourth-order valence-electron chi connectivity index (χ4n) is 9.66. The van der Waals surface area contributed by atoms with Crippen molar-refractivity contribution in [3.63, 3.8) is 0 Å². The molecule has 6 unspecified atom stereocenters. The van der Waals surface area contributed by atoms with E-state index in [0.29, 0.717) is 32.5 Å². The molecule has 1 N–H and O–H groups in total. The number of carbonyl (C=O) groups excluding carboxylic acids is 4. The lowest BCUT2D eigenvalue weighted by Gasteiger charge is -2.51. The summed E-state index contributed by atoms with van der Waals surface area (Å²) in [7, 11) is 2.42. The standard InChI is InChI=1S/C40H34Cl2F5N3O7/c1-56-24-14-20(51)15-25(57-2)27(24)28-21-8-9-22-26(36(53)49(35(22)52)19-10-12-48(13-11-19)17-18-6-4-3-5-7-18)23(21)16-39(41)37(54)50(38(55)40(28,39)42)34-32(46)30(44)29(43)31(45)33(34)47/h3-8,14-15,19,22-23,26,28,51H,9-13,16-17H2,1-2H3. The molecule has 3 aliphatic heterocycles. The van der Waals surface area contributed by atoms with E-state index in [2.05, 4.69) is 4.90 Å². The molecule has 0 radical (unpaired) electrons. The minimum absolute atomic E-state index is 0.0185. The molecular weight excluding hydrogens is 800 g/mol. The molecule has 6 atom stereocenters. The number of ether oxygens (including phenoxy) is 2. The zero-order valence-electron chi connectivity index (χ0n) is 30.3. The number of alkyl halides is 2. The third kappa shape index (κ3) is 5.51. The van der Waals surface area contributed by atoms with Gasteiger partial charge in [-0.15, -0.1) is 23.2 Å². The Kier molecular flexibility index (Phi) is 9.59. The van der Waals surface area contributed by atoms with Crippen LogP contribution in [0.25, 0.3) is 0 Å². The summed E-state index contributed by atoms with van der Waals surface area (Å²) in [5.74, 6) is -22.0. The minimum atomic E-state index is -2.80. The molecule has 3 aromatic carbocycles. The highest BCUT2D eigenvalue weighted by Crippen LogP contribution is 2.68. The molecule has 3 aromatic rings. The fraction of sp³-hybridized carbons (Fsp3) is 0.400. The highest BCUT2D eigenvalue weighted by molar-refractivity contribution is 6.58. The average molecular weight is 835 g/mol. The SMILES string of the molecule is COc1cc(O)cc(OC)c1C1C2=CCC3C(=O)N(C4CCN(Cc5ccccc5)CC4)C(=O)C3C2CC2(Cl)C(=O)N(c3c(F)c(F)c(F)c(F)c3F)C(=O)C12Cl. The van der Waals surface area contributed by atoms with Crippen LogP contribution in [-0.2, 0) is 25.7 Å². The van der Waals surface area contributed by atoms with E-state index in [-0.39, 0.29) is 39.7 Å². The van der Waals surface area contributed by atoms with Crippen LogP contribution in [0.15, 0.2) is 54.1 Å². The number of benzene rings is 3. The van der Waals surface area contributed by atoms with Gasteiger partial charge in [0, 0.05) is 49.3 Å². The van der Waals surface area contributed by atoms with Gasteiger partial charge >= 0.3 is 0 Å². The molecule has 3 saturated heterocycles. The van der Waals surface area contributed by atoms with Gasteiger partial charge in [0.2, 0.25) is 17.6 Å². The zero-order chi connectivity index (χ0) is 40.9. The molecular formula is C40H34Cl2F5N3O7. The van der Waals surface area contributed by atoms with Gasteiger partial charge in [0.15, 0.2) is 33.0 Å². The number of allylic oxidation sites excluding steroid dienone is 2. The van der Waals surface area contributed by atoms with E-state index in [0.717, 1.165) is 17.7 Å². The normalized spacial score (nSPS) is 29.0. The van der Waals surface area contributed by atoms with Gasteiger partial charge in [0.1, 0.15) is 22.9 Å². The number of phenolic OH excluding ortho intramolecular Hbond substituents is 1. The minimum Gasteiger partial charge on any atom is -0.508 e. The molecule has 0 bridgehead atoms. The second-order valence-corrected chi connectivity index (χ2v) is 16.2. The second kappa shape index (κ2) is 14.0. The summed E-state index contributed by atoms with van der Waals surface area (Å²) in [6.07, 6.45) is 1.91. The maximum absolute atomic E-state index is 15.4. The second-order valence-electron chi connectivity index (χ2n) is 15.0. The monoisotopic (exact) mass is 833 g/mol. The number of likely N-dealkylation sites (tertiary alicyclic amines) is 2. The number of halogens is 7. The Hall–Kier alpha value is -4.73. The number of imide groups is 2. The van der Waals surface area contributed by atoms with E-state index in [9.17, 15) is 37.5 Å². The van der Waals surface area contributed by atoms with Gasteiger partial charge in [-0.2, -0.15) is 0 Å². The number of rotatable bonds is 7.